The van der Waals surface area contributed by atoms with E-state index in [2.05, 4.69) is 13.5 Å². The Morgan fingerprint density at radius 1 is 1.36 bits per heavy atom. The number of hydrogen-bond acceptors (Lipinski definition) is 2. The molecule has 0 bridgehead atoms. The molecule has 2 heteroatoms. The SMILES string of the molecule is C=CC(CCCC)(OC)OC. The summed E-state index contributed by atoms with van der Waals surface area (Å²) in [6.45, 7) is 5.82. The topological polar surface area (TPSA) is 18.5 Å². The lowest BCUT2D eigenvalue weighted by molar-refractivity contribution is -0.174. The lowest BCUT2D eigenvalue weighted by Gasteiger charge is -2.26. The minimum atomic E-state index is -0.560. The third kappa shape index (κ3) is 3.04. The van der Waals surface area contributed by atoms with Crippen molar-refractivity contribution in [2.75, 3.05) is 14.2 Å². The van der Waals surface area contributed by atoms with Crippen molar-refractivity contribution in [3.63, 3.8) is 0 Å². The fourth-order valence-electron chi connectivity index (χ4n) is 0.979. The third-order valence-corrected chi connectivity index (χ3v) is 1.88. The predicted molar refractivity (Wildman–Crippen MR) is 46.5 cm³/mol. The monoisotopic (exact) mass is 158 g/mol. The van der Waals surface area contributed by atoms with E-state index >= 15 is 0 Å². The molecule has 0 spiro atoms. The fraction of sp³-hybridized carbons (Fsp3) is 0.778. The Kier molecular flexibility index (Phi) is 5.16. The predicted octanol–water partition coefficient (Wildman–Crippen LogP) is 2.35. The normalized spacial score (nSPS) is 11.5. The summed E-state index contributed by atoms with van der Waals surface area (Å²) in [6.07, 6.45) is 4.82. The molecule has 0 saturated carbocycles. The van der Waals surface area contributed by atoms with Crippen LogP contribution in [0.5, 0.6) is 0 Å². The lowest BCUT2D eigenvalue weighted by atomic mass is 10.1. The van der Waals surface area contributed by atoms with Gasteiger partial charge >= 0.3 is 0 Å². The van der Waals surface area contributed by atoms with Gasteiger partial charge < -0.3 is 9.47 Å². The Bertz CT molecular complexity index is 106. The molecular formula is C9H18O2. The van der Waals surface area contributed by atoms with Gasteiger partial charge in [0.2, 0.25) is 0 Å². The molecule has 0 heterocycles. The summed E-state index contributed by atoms with van der Waals surface area (Å²) in [6, 6.07) is 0. The van der Waals surface area contributed by atoms with Crippen molar-refractivity contribution >= 4 is 0 Å². The van der Waals surface area contributed by atoms with Gasteiger partial charge in [-0.25, -0.2) is 0 Å². The van der Waals surface area contributed by atoms with Crippen molar-refractivity contribution in [3.05, 3.63) is 12.7 Å². The van der Waals surface area contributed by atoms with Gasteiger partial charge in [0.15, 0.2) is 5.79 Å². The van der Waals surface area contributed by atoms with Gasteiger partial charge in [-0.1, -0.05) is 19.9 Å². The molecule has 2 nitrogen and oxygen atoms in total. The van der Waals surface area contributed by atoms with Crippen LogP contribution in [0.15, 0.2) is 12.7 Å². The summed E-state index contributed by atoms with van der Waals surface area (Å²) in [4.78, 5) is 0. The molecule has 0 aromatic heterocycles. The zero-order chi connectivity index (χ0) is 8.74. The molecule has 0 amide bonds. The quantitative estimate of drug-likeness (QED) is 0.436. The molecule has 0 radical (unpaired) electrons. The second kappa shape index (κ2) is 5.33. The zero-order valence-electron chi connectivity index (χ0n) is 7.72. The Balaban J connectivity index is 3.94. The van der Waals surface area contributed by atoms with Gasteiger partial charge in [-0.05, 0) is 12.5 Å². The molecule has 66 valence electrons. The summed E-state index contributed by atoms with van der Waals surface area (Å²) < 4.78 is 10.4. The standard InChI is InChI=1S/C9H18O2/c1-5-7-8-9(6-2,10-3)11-4/h6H,2,5,7-8H2,1,3-4H3. The van der Waals surface area contributed by atoms with E-state index in [9.17, 15) is 0 Å². The van der Waals surface area contributed by atoms with Gasteiger partial charge in [0.05, 0.1) is 0 Å². The summed E-state index contributed by atoms with van der Waals surface area (Å²) in [7, 11) is 3.28. The van der Waals surface area contributed by atoms with E-state index in [1.54, 1.807) is 20.3 Å². The molecule has 0 unspecified atom stereocenters. The molecule has 0 atom stereocenters. The fourth-order valence-corrected chi connectivity index (χ4v) is 0.979. The Morgan fingerprint density at radius 2 is 1.91 bits per heavy atom. The molecule has 0 aromatic carbocycles. The minimum Gasteiger partial charge on any atom is -0.350 e. The van der Waals surface area contributed by atoms with E-state index in [0.717, 1.165) is 19.3 Å². The molecule has 0 fully saturated rings. The van der Waals surface area contributed by atoms with E-state index in [0.29, 0.717) is 0 Å². The number of ether oxygens (including phenoxy) is 2. The van der Waals surface area contributed by atoms with Gasteiger partial charge in [0.1, 0.15) is 0 Å². The maximum Gasteiger partial charge on any atom is 0.186 e. The van der Waals surface area contributed by atoms with Crippen molar-refractivity contribution in [2.24, 2.45) is 0 Å². The first-order valence-electron chi connectivity index (χ1n) is 3.98. The minimum absolute atomic E-state index is 0.560. The molecule has 0 rings (SSSR count). The first kappa shape index (κ1) is 10.7. The Labute approximate surface area is 69.2 Å². The zero-order valence-corrected chi connectivity index (χ0v) is 7.72. The van der Waals surface area contributed by atoms with Crippen LogP contribution < -0.4 is 0 Å². The number of hydrogen-bond donors (Lipinski definition) is 0. The Hall–Kier alpha value is -0.340. The van der Waals surface area contributed by atoms with Crippen LogP contribution in [-0.2, 0) is 9.47 Å². The number of unbranched alkanes of at least 4 members (excludes halogenated alkanes) is 1. The van der Waals surface area contributed by atoms with Crippen molar-refractivity contribution < 1.29 is 9.47 Å². The highest BCUT2D eigenvalue weighted by molar-refractivity contribution is 4.88. The van der Waals surface area contributed by atoms with Gasteiger partial charge in [-0.15, -0.1) is 0 Å². The number of methoxy groups -OCH3 is 2. The van der Waals surface area contributed by atoms with E-state index < -0.39 is 5.79 Å². The molecule has 0 aliphatic rings. The van der Waals surface area contributed by atoms with Crippen LogP contribution in [0.3, 0.4) is 0 Å². The van der Waals surface area contributed by atoms with Crippen molar-refractivity contribution in [2.45, 2.75) is 32.0 Å². The van der Waals surface area contributed by atoms with Crippen LogP contribution >= 0.6 is 0 Å². The van der Waals surface area contributed by atoms with Crippen LogP contribution in [0.25, 0.3) is 0 Å². The first-order valence-corrected chi connectivity index (χ1v) is 3.98. The van der Waals surface area contributed by atoms with E-state index in [1.165, 1.54) is 0 Å². The molecular weight excluding hydrogens is 140 g/mol. The van der Waals surface area contributed by atoms with Crippen molar-refractivity contribution in [3.8, 4) is 0 Å². The average molecular weight is 158 g/mol. The van der Waals surface area contributed by atoms with Gasteiger partial charge in [-0.2, -0.15) is 0 Å². The van der Waals surface area contributed by atoms with Crippen molar-refractivity contribution in [1.82, 2.24) is 0 Å². The second-order valence-electron chi connectivity index (χ2n) is 2.53. The van der Waals surface area contributed by atoms with Crippen LogP contribution in [0.2, 0.25) is 0 Å². The third-order valence-electron chi connectivity index (χ3n) is 1.88. The van der Waals surface area contributed by atoms with Crippen LogP contribution in [-0.4, -0.2) is 20.0 Å². The van der Waals surface area contributed by atoms with Gasteiger partial charge in [0.25, 0.3) is 0 Å². The second-order valence-corrected chi connectivity index (χ2v) is 2.53. The van der Waals surface area contributed by atoms with Crippen LogP contribution in [0.4, 0.5) is 0 Å². The highest BCUT2D eigenvalue weighted by atomic mass is 16.7. The average Bonchev–Trinajstić information content (AvgIpc) is 2.08. The lowest BCUT2D eigenvalue weighted by Crippen LogP contribution is -2.30. The van der Waals surface area contributed by atoms with E-state index in [4.69, 9.17) is 9.47 Å². The summed E-state index contributed by atoms with van der Waals surface area (Å²) in [5, 5.41) is 0. The molecule has 0 aliphatic heterocycles. The highest BCUT2D eigenvalue weighted by Gasteiger charge is 2.23. The van der Waals surface area contributed by atoms with Gasteiger partial charge in [0, 0.05) is 20.6 Å². The van der Waals surface area contributed by atoms with Crippen LogP contribution in [0.1, 0.15) is 26.2 Å². The smallest absolute Gasteiger partial charge is 0.186 e. The maximum atomic E-state index is 5.20. The van der Waals surface area contributed by atoms with Gasteiger partial charge in [-0.3, -0.25) is 0 Å². The van der Waals surface area contributed by atoms with Crippen LogP contribution in [0, 0.1) is 0 Å². The molecule has 0 N–H and O–H groups in total. The molecule has 11 heavy (non-hydrogen) atoms. The summed E-state index contributed by atoms with van der Waals surface area (Å²) in [5.74, 6) is -0.560. The van der Waals surface area contributed by atoms with E-state index in [1.807, 2.05) is 0 Å². The highest BCUT2D eigenvalue weighted by Crippen LogP contribution is 2.20. The Morgan fingerprint density at radius 3 is 2.18 bits per heavy atom. The number of rotatable bonds is 6. The largest absolute Gasteiger partial charge is 0.350 e. The first-order chi connectivity index (χ1) is 5.24. The van der Waals surface area contributed by atoms with E-state index in [-0.39, 0.29) is 0 Å². The summed E-state index contributed by atoms with van der Waals surface area (Å²) >= 11 is 0. The molecule has 0 aromatic rings. The van der Waals surface area contributed by atoms with Crippen molar-refractivity contribution in [1.29, 1.82) is 0 Å². The maximum absolute atomic E-state index is 5.20. The summed E-state index contributed by atoms with van der Waals surface area (Å²) in [5.41, 5.74) is 0. The molecule has 0 saturated heterocycles. The molecule has 0 aliphatic carbocycles.